The van der Waals surface area contributed by atoms with Crippen molar-refractivity contribution in [1.29, 1.82) is 0 Å². The molecule has 0 bridgehead atoms. The Hall–Kier alpha value is -1.57. The number of amides is 2. The first kappa shape index (κ1) is 14.5. The molecule has 7 nitrogen and oxygen atoms in total. The van der Waals surface area contributed by atoms with Gasteiger partial charge in [-0.25, -0.2) is 0 Å². The molecule has 0 saturated carbocycles. The topological polar surface area (TPSA) is 97.1 Å². The van der Waals surface area contributed by atoms with Gasteiger partial charge >= 0.3 is 0 Å². The third-order valence-electron chi connectivity index (χ3n) is 2.09. The molecule has 1 rings (SSSR count). The minimum Gasteiger partial charge on any atom is -0.354 e. The highest BCUT2D eigenvalue weighted by atomic mass is 32.1. The van der Waals surface area contributed by atoms with Crippen molar-refractivity contribution in [1.82, 2.24) is 20.8 Å². The fourth-order valence-corrected chi connectivity index (χ4v) is 1.56. The van der Waals surface area contributed by atoms with Crippen molar-refractivity contribution in [3.8, 4) is 0 Å². The average Bonchev–Trinajstić information content (AvgIpc) is 2.71. The Morgan fingerprint density at radius 2 is 2.22 bits per heavy atom. The Labute approximate surface area is 110 Å². The number of carbonyl (C=O) groups is 2. The molecule has 1 heterocycles. The molecule has 2 N–H and O–H groups in total. The number of hydrogen-bond acceptors (Lipinski definition) is 6. The number of aromatic nitrogens is 2. The normalized spacial score (nSPS) is 11.9. The van der Waals surface area contributed by atoms with Crippen molar-refractivity contribution in [3.63, 3.8) is 0 Å². The van der Waals surface area contributed by atoms with Gasteiger partial charge in [0.15, 0.2) is 5.82 Å². The van der Waals surface area contributed by atoms with Crippen molar-refractivity contribution in [2.45, 2.75) is 26.3 Å². The first-order valence-electron chi connectivity index (χ1n) is 5.47. The van der Waals surface area contributed by atoms with Crippen LogP contribution in [0.25, 0.3) is 0 Å². The predicted octanol–water partition coefficient (Wildman–Crippen LogP) is -0.529. The lowest BCUT2D eigenvalue weighted by Gasteiger charge is -2.14. The summed E-state index contributed by atoms with van der Waals surface area (Å²) in [5.41, 5.74) is 0. The van der Waals surface area contributed by atoms with Crippen LogP contribution in [0.5, 0.6) is 0 Å². The number of hydrogen-bond donors (Lipinski definition) is 3. The van der Waals surface area contributed by atoms with Gasteiger partial charge in [-0.1, -0.05) is 5.16 Å². The fourth-order valence-electron chi connectivity index (χ4n) is 1.30. The SMILES string of the molecule is CC(=O)NC(CS)C(=O)NCCc1noc(C)n1. The molecule has 0 aromatic carbocycles. The molecule has 100 valence electrons. The summed E-state index contributed by atoms with van der Waals surface area (Å²) in [6.07, 6.45) is 0.475. The summed E-state index contributed by atoms with van der Waals surface area (Å²) in [4.78, 5) is 26.5. The van der Waals surface area contributed by atoms with E-state index in [1.165, 1.54) is 6.92 Å². The quantitative estimate of drug-likeness (QED) is 0.605. The molecule has 1 aromatic heterocycles. The summed E-state index contributed by atoms with van der Waals surface area (Å²) in [5.74, 6) is 0.725. The number of carbonyl (C=O) groups excluding carboxylic acids is 2. The molecule has 0 aliphatic rings. The molecule has 1 unspecified atom stereocenters. The maximum atomic E-state index is 11.7. The molecule has 1 atom stereocenters. The number of nitrogens with zero attached hydrogens (tertiary/aromatic N) is 2. The van der Waals surface area contributed by atoms with Crippen molar-refractivity contribution in [2.75, 3.05) is 12.3 Å². The van der Waals surface area contributed by atoms with Gasteiger partial charge in [0.1, 0.15) is 6.04 Å². The van der Waals surface area contributed by atoms with E-state index in [4.69, 9.17) is 4.52 Å². The summed E-state index contributed by atoms with van der Waals surface area (Å²) in [6, 6.07) is -0.627. The minimum absolute atomic E-state index is 0.243. The summed E-state index contributed by atoms with van der Waals surface area (Å²) in [6.45, 7) is 3.43. The number of rotatable bonds is 6. The molecule has 0 fully saturated rings. The van der Waals surface area contributed by atoms with E-state index in [1.54, 1.807) is 6.92 Å². The second-order valence-electron chi connectivity index (χ2n) is 3.71. The molecule has 1 aromatic rings. The second-order valence-corrected chi connectivity index (χ2v) is 4.07. The van der Waals surface area contributed by atoms with E-state index in [1.807, 2.05) is 0 Å². The third kappa shape index (κ3) is 4.74. The first-order valence-corrected chi connectivity index (χ1v) is 6.11. The van der Waals surface area contributed by atoms with Gasteiger partial charge in [-0.15, -0.1) is 0 Å². The molecular formula is C10H16N4O3S. The smallest absolute Gasteiger partial charge is 0.243 e. The maximum absolute atomic E-state index is 11.7. The average molecular weight is 272 g/mol. The zero-order chi connectivity index (χ0) is 13.5. The van der Waals surface area contributed by atoms with Crippen molar-refractivity contribution < 1.29 is 14.1 Å². The van der Waals surface area contributed by atoms with E-state index >= 15 is 0 Å². The molecule has 8 heteroatoms. The van der Waals surface area contributed by atoms with Crippen LogP contribution in [0.2, 0.25) is 0 Å². The number of nitrogens with one attached hydrogen (secondary N) is 2. The summed E-state index contributed by atoms with van der Waals surface area (Å²) in [7, 11) is 0. The van der Waals surface area contributed by atoms with Gasteiger partial charge in [0, 0.05) is 32.6 Å². The van der Waals surface area contributed by atoms with Crippen LogP contribution in [0, 0.1) is 6.92 Å². The van der Waals surface area contributed by atoms with Crippen LogP contribution < -0.4 is 10.6 Å². The van der Waals surface area contributed by atoms with E-state index in [0.29, 0.717) is 24.7 Å². The second kappa shape index (κ2) is 7.00. The van der Waals surface area contributed by atoms with Crippen LogP contribution in [-0.4, -0.2) is 40.3 Å². The summed E-state index contributed by atoms with van der Waals surface area (Å²) in [5, 5.41) is 8.88. The lowest BCUT2D eigenvalue weighted by molar-refractivity contribution is -0.127. The van der Waals surface area contributed by atoms with Gasteiger partial charge in [0.25, 0.3) is 0 Å². The Bertz CT molecular complexity index is 421. The molecule has 18 heavy (non-hydrogen) atoms. The first-order chi connectivity index (χ1) is 8.52. The fraction of sp³-hybridized carbons (Fsp3) is 0.600. The van der Waals surface area contributed by atoms with Crippen LogP contribution in [0.3, 0.4) is 0 Å². The van der Waals surface area contributed by atoms with Gasteiger partial charge < -0.3 is 15.2 Å². The molecule has 0 radical (unpaired) electrons. The third-order valence-corrected chi connectivity index (χ3v) is 2.46. The van der Waals surface area contributed by atoms with Crippen LogP contribution in [-0.2, 0) is 16.0 Å². The van der Waals surface area contributed by atoms with Gasteiger partial charge in [-0.2, -0.15) is 17.6 Å². The van der Waals surface area contributed by atoms with E-state index in [2.05, 4.69) is 33.4 Å². The van der Waals surface area contributed by atoms with Crippen molar-refractivity contribution >= 4 is 24.4 Å². The lowest BCUT2D eigenvalue weighted by Crippen LogP contribution is -2.47. The molecule has 0 aliphatic heterocycles. The van der Waals surface area contributed by atoms with Gasteiger partial charge in [0.05, 0.1) is 0 Å². The Morgan fingerprint density at radius 1 is 1.50 bits per heavy atom. The number of aryl methyl sites for hydroxylation is 1. The van der Waals surface area contributed by atoms with E-state index in [-0.39, 0.29) is 17.6 Å². The van der Waals surface area contributed by atoms with Crippen LogP contribution in [0.1, 0.15) is 18.6 Å². The molecular weight excluding hydrogens is 256 g/mol. The van der Waals surface area contributed by atoms with Crippen LogP contribution in [0.15, 0.2) is 4.52 Å². The maximum Gasteiger partial charge on any atom is 0.243 e. The van der Waals surface area contributed by atoms with Crippen molar-refractivity contribution in [2.24, 2.45) is 0 Å². The van der Waals surface area contributed by atoms with E-state index in [0.717, 1.165) is 0 Å². The molecule has 0 spiro atoms. The predicted molar refractivity (Wildman–Crippen MR) is 67.2 cm³/mol. The lowest BCUT2D eigenvalue weighted by atomic mass is 10.3. The number of thiol groups is 1. The zero-order valence-electron chi connectivity index (χ0n) is 10.3. The Morgan fingerprint density at radius 3 is 2.72 bits per heavy atom. The van der Waals surface area contributed by atoms with Gasteiger partial charge in [-0.05, 0) is 0 Å². The summed E-state index contributed by atoms with van der Waals surface area (Å²) < 4.78 is 4.80. The Balaban J connectivity index is 2.33. The molecule has 0 aliphatic carbocycles. The zero-order valence-corrected chi connectivity index (χ0v) is 11.2. The molecule has 0 saturated heterocycles. The van der Waals surface area contributed by atoms with E-state index in [9.17, 15) is 9.59 Å². The summed E-state index contributed by atoms with van der Waals surface area (Å²) >= 11 is 4.01. The monoisotopic (exact) mass is 272 g/mol. The Kier molecular flexibility index (Phi) is 5.63. The minimum atomic E-state index is -0.627. The molecule has 2 amide bonds. The van der Waals surface area contributed by atoms with E-state index < -0.39 is 6.04 Å². The van der Waals surface area contributed by atoms with Gasteiger partial charge in [0.2, 0.25) is 17.7 Å². The highest BCUT2D eigenvalue weighted by Gasteiger charge is 2.17. The highest BCUT2D eigenvalue weighted by Crippen LogP contribution is 1.95. The van der Waals surface area contributed by atoms with Gasteiger partial charge in [-0.3, -0.25) is 9.59 Å². The largest absolute Gasteiger partial charge is 0.354 e. The van der Waals surface area contributed by atoms with Crippen LogP contribution in [0.4, 0.5) is 0 Å². The van der Waals surface area contributed by atoms with Crippen LogP contribution >= 0.6 is 12.6 Å². The highest BCUT2D eigenvalue weighted by molar-refractivity contribution is 7.80. The standard InChI is InChI=1S/C10H16N4O3S/c1-6(15)12-8(5-18)10(16)11-4-3-9-13-7(2)17-14-9/h8,18H,3-5H2,1-2H3,(H,11,16)(H,12,15). The van der Waals surface area contributed by atoms with Crippen molar-refractivity contribution in [3.05, 3.63) is 11.7 Å².